The van der Waals surface area contributed by atoms with Gasteiger partial charge in [-0.2, -0.15) is 0 Å². The Balaban J connectivity index is 1.97. The van der Waals surface area contributed by atoms with E-state index in [0.29, 0.717) is 29.1 Å². The van der Waals surface area contributed by atoms with Crippen molar-refractivity contribution in [3.63, 3.8) is 0 Å². The van der Waals surface area contributed by atoms with Crippen molar-refractivity contribution in [2.75, 3.05) is 12.4 Å². The average Bonchev–Trinajstić information content (AvgIpc) is 3.03. The summed E-state index contributed by atoms with van der Waals surface area (Å²) in [5.74, 6) is 0.574. The lowest BCUT2D eigenvalue weighted by atomic mass is 10.1. The fourth-order valence-electron chi connectivity index (χ4n) is 2.44. The SMILES string of the molecule is CCc1cc(-c2nncn2Sc2ccc(NC)c(O)c2)c(O)cc1O. The van der Waals surface area contributed by atoms with Gasteiger partial charge in [0.2, 0.25) is 0 Å². The molecule has 25 heavy (non-hydrogen) atoms. The lowest BCUT2D eigenvalue weighted by molar-refractivity contribution is 0.447. The number of anilines is 1. The van der Waals surface area contributed by atoms with Gasteiger partial charge in [0.15, 0.2) is 5.82 Å². The second-order valence-corrected chi connectivity index (χ2v) is 6.40. The quantitative estimate of drug-likeness (QED) is 0.519. The maximum absolute atomic E-state index is 10.2. The third-order valence-corrected chi connectivity index (χ3v) is 4.71. The monoisotopic (exact) mass is 358 g/mol. The van der Waals surface area contributed by atoms with Crippen molar-refractivity contribution >= 4 is 17.6 Å². The molecule has 0 bridgehead atoms. The molecule has 1 heterocycles. The van der Waals surface area contributed by atoms with E-state index < -0.39 is 0 Å². The summed E-state index contributed by atoms with van der Waals surface area (Å²) in [6.45, 7) is 1.92. The molecule has 3 rings (SSSR count). The van der Waals surface area contributed by atoms with Crippen LogP contribution in [0.25, 0.3) is 11.4 Å². The smallest absolute Gasteiger partial charge is 0.178 e. The highest BCUT2D eigenvalue weighted by atomic mass is 32.2. The number of aromatic nitrogens is 3. The minimum Gasteiger partial charge on any atom is -0.508 e. The molecule has 2 aromatic carbocycles. The van der Waals surface area contributed by atoms with Crippen molar-refractivity contribution < 1.29 is 15.3 Å². The Labute approximate surface area is 149 Å². The van der Waals surface area contributed by atoms with Crippen LogP contribution in [-0.2, 0) is 6.42 Å². The van der Waals surface area contributed by atoms with Gasteiger partial charge in [-0.05, 0) is 48.2 Å². The number of aromatic hydroxyl groups is 3. The van der Waals surface area contributed by atoms with Crippen LogP contribution in [0.4, 0.5) is 5.69 Å². The molecule has 0 atom stereocenters. The lowest BCUT2D eigenvalue weighted by Crippen LogP contribution is -1.94. The number of hydrogen-bond acceptors (Lipinski definition) is 7. The van der Waals surface area contributed by atoms with Crippen LogP contribution in [0, 0.1) is 0 Å². The highest BCUT2D eigenvalue weighted by Crippen LogP contribution is 2.37. The molecule has 0 aliphatic rings. The number of nitrogens with one attached hydrogen (secondary N) is 1. The molecular formula is C17H18N4O3S. The molecule has 130 valence electrons. The molecule has 1 aromatic heterocycles. The normalized spacial score (nSPS) is 10.8. The van der Waals surface area contributed by atoms with Crippen molar-refractivity contribution in [2.45, 2.75) is 18.2 Å². The number of aryl methyl sites for hydroxylation is 1. The zero-order valence-electron chi connectivity index (χ0n) is 13.8. The molecule has 7 nitrogen and oxygen atoms in total. The Bertz CT molecular complexity index is 911. The third kappa shape index (κ3) is 3.34. The summed E-state index contributed by atoms with van der Waals surface area (Å²) in [7, 11) is 1.73. The molecule has 0 amide bonds. The molecule has 0 unspecified atom stereocenters. The second-order valence-electron chi connectivity index (χ2n) is 5.35. The van der Waals surface area contributed by atoms with Gasteiger partial charge in [-0.3, -0.25) is 0 Å². The Morgan fingerprint density at radius 1 is 1.08 bits per heavy atom. The summed E-state index contributed by atoms with van der Waals surface area (Å²) < 4.78 is 1.69. The minimum atomic E-state index is -0.0714. The number of benzene rings is 2. The fourth-order valence-corrected chi connectivity index (χ4v) is 3.27. The van der Waals surface area contributed by atoms with Crippen LogP contribution < -0.4 is 5.32 Å². The number of nitrogens with zero attached hydrogens (tertiary/aromatic N) is 3. The fraction of sp³-hybridized carbons (Fsp3) is 0.176. The van der Waals surface area contributed by atoms with E-state index >= 15 is 0 Å². The van der Waals surface area contributed by atoms with Gasteiger partial charge in [0.25, 0.3) is 0 Å². The maximum atomic E-state index is 10.2. The highest BCUT2D eigenvalue weighted by molar-refractivity contribution is 7.98. The van der Waals surface area contributed by atoms with Crippen LogP contribution in [-0.4, -0.2) is 36.5 Å². The lowest BCUT2D eigenvalue weighted by Gasteiger charge is -2.11. The molecule has 0 saturated heterocycles. The van der Waals surface area contributed by atoms with Crippen molar-refractivity contribution in [3.05, 3.63) is 42.2 Å². The zero-order chi connectivity index (χ0) is 18.0. The maximum Gasteiger partial charge on any atom is 0.178 e. The molecule has 0 saturated carbocycles. The van der Waals surface area contributed by atoms with E-state index in [0.717, 1.165) is 4.90 Å². The van der Waals surface area contributed by atoms with E-state index in [1.54, 1.807) is 29.2 Å². The molecule has 0 radical (unpaired) electrons. The molecule has 8 heteroatoms. The summed E-state index contributed by atoms with van der Waals surface area (Å²) in [4.78, 5) is 0.784. The van der Waals surface area contributed by atoms with Gasteiger partial charge in [0.1, 0.15) is 23.6 Å². The summed E-state index contributed by atoms with van der Waals surface area (Å²) in [6, 6.07) is 8.27. The second kappa shape index (κ2) is 6.94. The van der Waals surface area contributed by atoms with Crippen LogP contribution in [0.1, 0.15) is 12.5 Å². The summed E-state index contributed by atoms with van der Waals surface area (Å²) in [5.41, 5.74) is 1.83. The van der Waals surface area contributed by atoms with Crippen molar-refractivity contribution in [1.82, 2.24) is 14.2 Å². The molecular weight excluding hydrogens is 340 g/mol. The summed E-state index contributed by atoms with van der Waals surface area (Å²) in [5, 5.41) is 40.9. The highest BCUT2D eigenvalue weighted by Gasteiger charge is 2.16. The Hall–Kier alpha value is -2.87. The van der Waals surface area contributed by atoms with E-state index in [9.17, 15) is 15.3 Å². The molecule has 0 fully saturated rings. The molecule has 0 aliphatic heterocycles. The molecule has 0 spiro atoms. The molecule has 3 aromatic rings. The first-order chi connectivity index (χ1) is 12.0. The number of rotatable bonds is 5. The van der Waals surface area contributed by atoms with Gasteiger partial charge in [-0.15, -0.1) is 10.2 Å². The average molecular weight is 358 g/mol. The van der Waals surface area contributed by atoms with Gasteiger partial charge in [0, 0.05) is 18.0 Å². The first-order valence-electron chi connectivity index (χ1n) is 7.67. The first kappa shape index (κ1) is 17.0. The predicted molar refractivity (Wildman–Crippen MR) is 97.1 cm³/mol. The largest absolute Gasteiger partial charge is 0.508 e. The van der Waals surface area contributed by atoms with Crippen LogP contribution in [0.3, 0.4) is 0 Å². The Kier molecular flexibility index (Phi) is 4.71. The first-order valence-corrected chi connectivity index (χ1v) is 8.45. The number of phenolic OH excluding ortho intramolecular Hbond substituents is 3. The summed E-state index contributed by atoms with van der Waals surface area (Å²) >= 11 is 1.31. The summed E-state index contributed by atoms with van der Waals surface area (Å²) in [6.07, 6.45) is 2.15. The standard InChI is InChI=1S/C17H18N4O3S/c1-3-10-6-12(15(23)8-14(10)22)17-20-19-9-21(17)25-11-4-5-13(18-2)16(24)7-11/h4-9,18,22-24H,3H2,1-2H3. The van der Waals surface area contributed by atoms with Crippen LogP contribution in [0.15, 0.2) is 41.6 Å². The minimum absolute atomic E-state index is 0.0510. The van der Waals surface area contributed by atoms with Gasteiger partial charge >= 0.3 is 0 Å². The number of hydrogen-bond donors (Lipinski definition) is 4. The molecule has 4 N–H and O–H groups in total. The van der Waals surface area contributed by atoms with Crippen LogP contribution >= 0.6 is 11.9 Å². The van der Waals surface area contributed by atoms with E-state index in [4.69, 9.17) is 0 Å². The van der Waals surface area contributed by atoms with Crippen molar-refractivity contribution in [1.29, 1.82) is 0 Å². The van der Waals surface area contributed by atoms with E-state index in [2.05, 4.69) is 15.5 Å². The predicted octanol–water partition coefficient (Wildman–Crippen LogP) is 3.22. The van der Waals surface area contributed by atoms with Gasteiger partial charge in [0.05, 0.1) is 11.3 Å². The molecule has 0 aliphatic carbocycles. The van der Waals surface area contributed by atoms with E-state index in [1.807, 2.05) is 13.0 Å². The van der Waals surface area contributed by atoms with Gasteiger partial charge < -0.3 is 20.6 Å². The Morgan fingerprint density at radius 2 is 1.88 bits per heavy atom. The van der Waals surface area contributed by atoms with Gasteiger partial charge in [-0.25, -0.2) is 3.97 Å². The third-order valence-electron chi connectivity index (χ3n) is 3.78. The Morgan fingerprint density at radius 3 is 2.56 bits per heavy atom. The van der Waals surface area contributed by atoms with Crippen LogP contribution in [0.5, 0.6) is 17.2 Å². The topological polar surface area (TPSA) is 103 Å². The van der Waals surface area contributed by atoms with E-state index in [1.165, 1.54) is 24.3 Å². The van der Waals surface area contributed by atoms with Crippen LogP contribution in [0.2, 0.25) is 0 Å². The van der Waals surface area contributed by atoms with Crippen molar-refractivity contribution in [3.8, 4) is 28.6 Å². The van der Waals surface area contributed by atoms with Gasteiger partial charge in [-0.1, -0.05) is 6.92 Å². The van der Waals surface area contributed by atoms with E-state index in [-0.39, 0.29) is 17.2 Å². The van der Waals surface area contributed by atoms with Crippen molar-refractivity contribution in [2.24, 2.45) is 0 Å². The zero-order valence-corrected chi connectivity index (χ0v) is 14.6. The number of phenols is 3.